The van der Waals surface area contributed by atoms with Gasteiger partial charge in [-0.3, -0.25) is 0 Å². The van der Waals surface area contributed by atoms with E-state index in [1.807, 2.05) is 6.92 Å². The molecule has 17 heavy (non-hydrogen) atoms. The molecular formula is C12H25NO3S. The Hall–Kier alpha value is -0.130. The Bertz CT molecular complexity index is 303. The summed E-state index contributed by atoms with van der Waals surface area (Å²) in [5.41, 5.74) is 0. The van der Waals surface area contributed by atoms with Gasteiger partial charge in [0.25, 0.3) is 0 Å². The van der Waals surface area contributed by atoms with Crippen LogP contribution in [0.3, 0.4) is 0 Å². The molecule has 1 N–H and O–H groups in total. The first-order valence-corrected chi connectivity index (χ1v) is 8.36. The summed E-state index contributed by atoms with van der Waals surface area (Å²) in [6.07, 6.45) is 3.57. The number of hydrogen-bond acceptors (Lipinski definition) is 4. The SMILES string of the molecule is CCCOCC(NCC)C1CCCCS1(=O)=O. The van der Waals surface area contributed by atoms with E-state index in [0.29, 0.717) is 19.0 Å². The Balaban J connectivity index is 2.60. The van der Waals surface area contributed by atoms with Crippen molar-refractivity contribution in [3.05, 3.63) is 0 Å². The molecule has 0 bridgehead atoms. The lowest BCUT2D eigenvalue weighted by Gasteiger charge is -2.30. The minimum atomic E-state index is -2.92. The van der Waals surface area contributed by atoms with Crippen molar-refractivity contribution in [3.63, 3.8) is 0 Å². The van der Waals surface area contributed by atoms with Crippen molar-refractivity contribution < 1.29 is 13.2 Å². The average molecular weight is 263 g/mol. The van der Waals surface area contributed by atoms with Crippen LogP contribution in [0.25, 0.3) is 0 Å². The highest BCUT2D eigenvalue weighted by Gasteiger charge is 2.35. The maximum Gasteiger partial charge on any atom is 0.154 e. The molecule has 1 aliphatic heterocycles. The molecule has 1 rings (SSSR count). The topological polar surface area (TPSA) is 55.4 Å². The molecule has 0 aliphatic carbocycles. The van der Waals surface area contributed by atoms with Gasteiger partial charge in [0.2, 0.25) is 0 Å². The van der Waals surface area contributed by atoms with Crippen LogP contribution in [0, 0.1) is 0 Å². The highest BCUT2D eigenvalue weighted by molar-refractivity contribution is 7.92. The first kappa shape index (κ1) is 14.9. The Morgan fingerprint density at radius 3 is 2.71 bits per heavy atom. The quantitative estimate of drug-likeness (QED) is 0.705. The second-order valence-electron chi connectivity index (χ2n) is 4.64. The van der Waals surface area contributed by atoms with Gasteiger partial charge in [-0.05, 0) is 25.8 Å². The van der Waals surface area contributed by atoms with Crippen LogP contribution in [0.4, 0.5) is 0 Å². The largest absolute Gasteiger partial charge is 0.380 e. The van der Waals surface area contributed by atoms with Crippen LogP contribution in [-0.4, -0.2) is 45.2 Å². The molecule has 2 unspecified atom stereocenters. The number of likely N-dealkylation sites (N-methyl/N-ethyl adjacent to an activating group) is 1. The van der Waals surface area contributed by atoms with Gasteiger partial charge >= 0.3 is 0 Å². The number of ether oxygens (including phenoxy) is 1. The highest BCUT2D eigenvalue weighted by atomic mass is 32.2. The van der Waals surface area contributed by atoms with Crippen LogP contribution in [0.15, 0.2) is 0 Å². The molecule has 0 saturated carbocycles. The van der Waals surface area contributed by atoms with Gasteiger partial charge < -0.3 is 10.1 Å². The maximum atomic E-state index is 12.0. The maximum absolute atomic E-state index is 12.0. The fraction of sp³-hybridized carbons (Fsp3) is 1.00. The van der Waals surface area contributed by atoms with Crippen molar-refractivity contribution in [1.82, 2.24) is 5.32 Å². The zero-order valence-corrected chi connectivity index (χ0v) is 11.8. The predicted molar refractivity (Wildman–Crippen MR) is 70.0 cm³/mol. The van der Waals surface area contributed by atoms with E-state index in [0.717, 1.165) is 32.2 Å². The van der Waals surface area contributed by atoms with E-state index in [1.165, 1.54) is 0 Å². The van der Waals surface area contributed by atoms with E-state index in [9.17, 15) is 8.42 Å². The second kappa shape index (κ2) is 7.34. The molecule has 102 valence electrons. The molecule has 0 radical (unpaired) electrons. The van der Waals surface area contributed by atoms with Gasteiger partial charge in [0.05, 0.1) is 17.6 Å². The van der Waals surface area contributed by atoms with Crippen LogP contribution in [0.2, 0.25) is 0 Å². The van der Waals surface area contributed by atoms with Crippen molar-refractivity contribution >= 4 is 9.84 Å². The zero-order chi connectivity index (χ0) is 12.7. The van der Waals surface area contributed by atoms with Gasteiger partial charge in [0, 0.05) is 12.6 Å². The van der Waals surface area contributed by atoms with E-state index >= 15 is 0 Å². The summed E-state index contributed by atoms with van der Waals surface area (Å²) in [5.74, 6) is 0.341. The van der Waals surface area contributed by atoms with Gasteiger partial charge in [-0.25, -0.2) is 8.42 Å². The van der Waals surface area contributed by atoms with E-state index in [-0.39, 0.29) is 11.3 Å². The van der Waals surface area contributed by atoms with E-state index in [2.05, 4.69) is 12.2 Å². The lowest BCUT2D eigenvalue weighted by molar-refractivity contribution is 0.109. The number of nitrogens with one attached hydrogen (secondary N) is 1. The molecule has 1 saturated heterocycles. The van der Waals surface area contributed by atoms with E-state index in [1.54, 1.807) is 0 Å². The van der Waals surface area contributed by atoms with Crippen LogP contribution in [0.1, 0.15) is 39.5 Å². The summed E-state index contributed by atoms with van der Waals surface area (Å²) in [4.78, 5) is 0. The van der Waals surface area contributed by atoms with Gasteiger partial charge in [-0.15, -0.1) is 0 Å². The summed E-state index contributed by atoms with van der Waals surface area (Å²) in [5, 5.41) is 3.01. The molecule has 5 heteroatoms. The first-order valence-electron chi connectivity index (χ1n) is 6.64. The number of hydrogen-bond donors (Lipinski definition) is 1. The molecular weight excluding hydrogens is 238 g/mol. The van der Waals surface area contributed by atoms with Crippen LogP contribution in [0.5, 0.6) is 0 Å². The van der Waals surface area contributed by atoms with Gasteiger partial charge in [-0.1, -0.05) is 20.3 Å². The third-order valence-corrected chi connectivity index (χ3v) is 5.53. The van der Waals surface area contributed by atoms with E-state index < -0.39 is 9.84 Å². The molecule has 0 spiro atoms. The number of rotatable bonds is 7. The first-order chi connectivity index (χ1) is 8.11. The van der Waals surface area contributed by atoms with Crippen LogP contribution in [-0.2, 0) is 14.6 Å². The molecule has 0 aromatic heterocycles. The Morgan fingerprint density at radius 2 is 2.12 bits per heavy atom. The smallest absolute Gasteiger partial charge is 0.154 e. The predicted octanol–water partition coefficient (Wildman–Crippen LogP) is 1.36. The summed E-state index contributed by atoms with van der Waals surface area (Å²) in [6.45, 7) is 6.05. The molecule has 0 amide bonds. The summed E-state index contributed by atoms with van der Waals surface area (Å²) in [7, 11) is -2.92. The molecule has 4 nitrogen and oxygen atoms in total. The zero-order valence-electron chi connectivity index (χ0n) is 10.9. The van der Waals surface area contributed by atoms with Crippen LogP contribution >= 0.6 is 0 Å². The minimum Gasteiger partial charge on any atom is -0.380 e. The van der Waals surface area contributed by atoms with Crippen molar-refractivity contribution in [2.75, 3.05) is 25.5 Å². The van der Waals surface area contributed by atoms with E-state index in [4.69, 9.17) is 4.74 Å². The lowest BCUT2D eigenvalue weighted by Crippen LogP contribution is -2.49. The Morgan fingerprint density at radius 1 is 1.35 bits per heavy atom. The summed E-state index contributed by atoms with van der Waals surface area (Å²) >= 11 is 0. The molecule has 1 heterocycles. The normalized spacial score (nSPS) is 25.6. The standard InChI is InChI=1S/C12H25NO3S/c1-3-8-16-10-11(13-4-2)12-7-5-6-9-17(12,14)15/h11-13H,3-10H2,1-2H3. The van der Waals surface area contributed by atoms with Gasteiger partial charge in [-0.2, -0.15) is 0 Å². The summed E-state index contributed by atoms with van der Waals surface area (Å²) < 4.78 is 29.6. The molecule has 2 atom stereocenters. The third kappa shape index (κ3) is 4.56. The molecule has 0 aromatic carbocycles. The fourth-order valence-electron chi connectivity index (χ4n) is 2.35. The lowest BCUT2D eigenvalue weighted by atomic mass is 10.1. The molecule has 0 aromatic rings. The Labute approximate surface area is 105 Å². The Kier molecular flexibility index (Phi) is 6.44. The van der Waals surface area contributed by atoms with Crippen LogP contribution < -0.4 is 5.32 Å². The monoisotopic (exact) mass is 263 g/mol. The fourth-order valence-corrected chi connectivity index (χ4v) is 4.46. The highest BCUT2D eigenvalue weighted by Crippen LogP contribution is 2.22. The third-order valence-electron chi connectivity index (χ3n) is 3.19. The number of sulfone groups is 1. The van der Waals surface area contributed by atoms with Gasteiger partial charge in [0.15, 0.2) is 9.84 Å². The minimum absolute atomic E-state index is 0.0446. The van der Waals surface area contributed by atoms with Gasteiger partial charge in [0.1, 0.15) is 0 Å². The van der Waals surface area contributed by atoms with Crippen molar-refractivity contribution in [1.29, 1.82) is 0 Å². The van der Waals surface area contributed by atoms with Crippen molar-refractivity contribution in [2.45, 2.75) is 50.8 Å². The molecule has 1 aliphatic rings. The summed E-state index contributed by atoms with van der Waals surface area (Å²) in [6, 6.07) is -0.0446. The second-order valence-corrected chi connectivity index (χ2v) is 6.98. The molecule has 1 fully saturated rings. The van der Waals surface area contributed by atoms with Crippen molar-refractivity contribution in [2.24, 2.45) is 0 Å². The van der Waals surface area contributed by atoms with Crippen molar-refractivity contribution in [3.8, 4) is 0 Å². The average Bonchev–Trinajstić information content (AvgIpc) is 2.28.